The van der Waals surface area contributed by atoms with Crippen LogP contribution in [0.25, 0.3) is 11.0 Å². The van der Waals surface area contributed by atoms with Gasteiger partial charge in [-0.15, -0.1) is 0 Å². The number of esters is 3. The van der Waals surface area contributed by atoms with Gasteiger partial charge in [-0.3, -0.25) is 19.2 Å². The second kappa shape index (κ2) is 15.8. The normalized spacial score (nSPS) is 20.6. The maximum absolute atomic E-state index is 13.0. The number of nitrogens with one attached hydrogen (secondary N) is 1. The van der Waals surface area contributed by atoms with Crippen LogP contribution in [0, 0.1) is 0 Å². The molecular weight excluding hydrogens is 584 g/mol. The van der Waals surface area contributed by atoms with Crippen molar-refractivity contribution in [2.24, 2.45) is 5.10 Å². The molecule has 45 heavy (non-hydrogen) atoms. The summed E-state index contributed by atoms with van der Waals surface area (Å²) in [5, 5.41) is 9.67. The summed E-state index contributed by atoms with van der Waals surface area (Å²) in [6.07, 6.45) is 9.65. The Bertz CT molecular complexity index is 1410. The lowest BCUT2D eigenvalue weighted by Gasteiger charge is -2.24. The first-order valence-corrected chi connectivity index (χ1v) is 15.7. The van der Waals surface area contributed by atoms with Crippen LogP contribution in [-0.4, -0.2) is 76.2 Å². The largest absolute Gasteiger partial charge is 0.463 e. The van der Waals surface area contributed by atoms with Crippen LogP contribution in [0.5, 0.6) is 0 Å². The van der Waals surface area contributed by atoms with E-state index in [4.69, 9.17) is 18.9 Å². The van der Waals surface area contributed by atoms with E-state index in [2.05, 4.69) is 27.3 Å². The lowest BCUT2D eigenvalue weighted by Crippen LogP contribution is -2.40. The fourth-order valence-electron chi connectivity index (χ4n) is 5.74. The fraction of sp³-hybridized carbons (Fsp3) is 0.645. The molecule has 1 N–H and O–H groups in total. The molecule has 14 nitrogen and oxygen atoms in total. The highest BCUT2D eigenvalue weighted by atomic mass is 16.7. The van der Waals surface area contributed by atoms with Crippen LogP contribution in [0.15, 0.2) is 17.6 Å². The number of carbonyl (C=O) groups excluding carboxylic acids is 4. The lowest BCUT2D eigenvalue weighted by molar-refractivity contribution is -0.166. The van der Waals surface area contributed by atoms with E-state index in [1.165, 1.54) is 65.6 Å². The summed E-state index contributed by atoms with van der Waals surface area (Å²) in [4.78, 5) is 57.6. The smallest absolute Gasteiger partial charge is 0.303 e. The summed E-state index contributed by atoms with van der Waals surface area (Å²) in [6, 6.07) is 0. The number of anilines is 1. The van der Waals surface area contributed by atoms with Gasteiger partial charge in [-0.1, -0.05) is 58.3 Å². The van der Waals surface area contributed by atoms with Crippen molar-refractivity contribution >= 4 is 46.5 Å². The Morgan fingerprint density at radius 3 is 2.18 bits per heavy atom. The van der Waals surface area contributed by atoms with Gasteiger partial charge in [0.1, 0.15) is 24.7 Å². The monoisotopic (exact) mass is 628 g/mol. The molecule has 2 aromatic rings. The summed E-state index contributed by atoms with van der Waals surface area (Å²) in [6.45, 7) is 5.68. The van der Waals surface area contributed by atoms with Gasteiger partial charge in [0, 0.05) is 40.4 Å². The third-order valence-corrected chi connectivity index (χ3v) is 7.78. The molecule has 14 heteroatoms. The molecule has 0 spiro atoms. The van der Waals surface area contributed by atoms with E-state index in [1.54, 1.807) is 22.8 Å². The number of unbranched alkanes of at least 4 members (excludes halogenated alkanes) is 8. The van der Waals surface area contributed by atoms with Crippen LogP contribution in [-0.2, 0) is 38.1 Å². The van der Waals surface area contributed by atoms with Crippen molar-refractivity contribution in [3.8, 4) is 0 Å². The zero-order valence-electron chi connectivity index (χ0n) is 26.7. The minimum absolute atomic E-state index is 0.155. The van der Waals surface area contributed by atoms with E-state index in [0.29, 0.717) is 34.7 Å². The Hall–Kier alpha value is -4.07. The van der Waals surface area contributed by atoms with Gasteiger partial charge in [0.15, 0.2) is 30.1 Å². The number of hydrazone groups is 1. The van der Waals surface area contributed by atoms with E-state index < -0.39 is 42.4 Å². The molecule has 0 saturated carbocycles. The second-order valence-corrected chi connectivity index (χ2v) is 11.5. The number of carbonyl (C=O) groups is 4. The first-order chi connectivity index (χ1) is 21.6. The average Bonchev–Trinajstić information content (AvgIpc) is 3.52. The molecule has 0 unspecified atom stereocenters. The molecule has 2 aliphatic heterocycles. The van der Waals surface area contributed by atoms with Gasteiger partial charge in [0.2, 0.25) is 5.91 Å². The highest BCUT2D eigenvalue weighted by molar-refractivity contribution is 6.18. The minimum Gasteiger partial charge on any atom is -0.463 e. The van der Waals surface area contributed by atoms with Crippen molar-refractivity contribution in [1.29, 1.82) is 0 Å². The zero-order valence-corrected chi connectivity index (χ0v) is 26.7. The Balaban J connectivity index is 1.54. The third-order valence-electron chi connectivity index (χ3n) is 7.78. The Labute approximate surface area is 262 Å². The lowest BCUT2D eigenvalue weighted by atomic mass is 10.1. The van der Waals surface area contributed by atoms with Crippen molar-refractivity contribution in [3.05, 3.63) is 18.1 Å². The van der Waals surface area contributed by atoms with Crippen molar-refractivity contribution in [2.45, 2.75) is 116 Å². The van der Waals surface area contributed by atoms with Crippen molar-refractivity contribution in [1.82, 2.24) is 19.9 Å². The second-order valence-electron chi connectivity index (χ2n) is 11.5. The first kappa shape index (κ1) is 33.8. The van der Waals surface area contributed by atoms with Crippen LogP contribution < -0.4 is 10.3 Å². The van der Waals surface area contributed by atoms with Crippen LogP contribution in [0.4, 0.5) is 5.82 Å². The van der Waals surface area contributed by atoms with Gasteiger partial charge in [0.25, 0.3) is 0 Å². The molecule has 0 radical (unpaired) electrons. The van der Waals surface area contributed by atoms with Gasteiger partial charge in [0.05, 0.1) is 10.9 Å². The number of rotatable bonds is 15. The fourth-order valence-corrected chi connectivity index (χ4v) is 5.74. The summed E-state index contributed by atoms with van der Waals surface area (Å²) < 4.78 is 24.2. The number of aromatic nitrogens is 3. The van der Waals surface area contributed by atoms with E-state index in [0.717, 1.165) is 19.3 Å². The van der Waals surface area contributed by atoms with E-state index in [9.17, 15) is 19.2 Å². The van der Waals surface area contributed by atoms with Crippen LogP contribution in [0.1, 0.15) is 104 Å². The van der Waals surface area contributed by atoms with Gasteiger partial charge >= 0.3 is 17.9 Å². The zero-order chi connectivity index (χ0) is 32.5. The molecule has 0 aromatic carbocycles. The molecule has 1 fully saturated rings. The maximum atomic E-state index is 13.0. The quantitative estimate of drug-likeness (QED) is 0.173. The molecule has 4 rings (SSSR count). The van der Waals surface area contributed by atoms with Gasteiger partial charge in [-0.05, 0) is 6.42 Å². The molecule has 1 amide bonds. The van der Waals surface area contributed by atoms with Crippen LogP contribution in [0.3, 0.4) is 0 Å². The summed E-state index contributed by atoms with van der Waals surface area (Å²) >= 11 is 0. The predicted molar refractivity (Wildman–Crippen MR) is 164 cm³/mol. The Kier molecular flexibility index (Phi) is 11.9. The van der Waals surface area contributed by atoms with Crippen LogP contribution >= 0.6 is 0 Å². The van der Waals surface area contributed by atoms with E-state index in [-0.39, 0.29) is 12.5 Å². The number of nitrogens with zero attached hydrogens (tertiary/aromatic N) is 5. The molecular formula is C31H44N6O8. The molecule has 2 aromatic heterocycles. The third kappa shape index (κ3) is 8.56. The topological polar surface area (TPSA) is 164 Å². The highest BCUT2D eigenvalue weighted by Gasteiger charge is 2.51. The number of ether oxygens (including phenoxy) is 4. The SMILES string of the molecule is CCCCCCCCCCCC(=O)NC1=NN(C)c2ncnc3c2c1cn3[C@@H]1O[C@H](COC(C)=O)[C@@H](OC(C)=O)[C@H]1OC(C)=O. The molecule has 4 atom stereocenters. The highest BCUT2D eigenvalue weighted by Crippen LogP contribution is 2.39. The first-order valence-electron chi connectivity index (χ1n) is 15.7. The molecule has 4 heterocycles. The standard InChI is InChI=1S/C31H44N6O8/c1-6-7-8-9-10-11-12-13-14-15-24(41)34-28-22-16-37(30-25(22)29(32-18-33-30)36(5)35-28)31-27(44-21(4)40)26(43-20(3)39)23(45-31)17-42-19(2)38/h16,18,23,26-27,31H,6-15,17H2,1-5H3,(H,34,35,41)/t23-,26-,27-,31-/m1/s1. The molecule has 1 saturated heterocycles. The van der Waals surface area contributed by atoms with Crippen LogP contribution in [0.2, 0.25) is 0 Å². The molecule has 246 valence electrons. The summed E-state index contributed by atoms with van der Waals surface area (Å²) in [5.74, 6) is -1.13. The molecule has 0 aliphatic carbocycles. The minimum atomic E-state index is -1.10. The number of hydrogen-bond acceptors (Lipinski definition) is 12. The van der Waals surface area contributed by atoms with Gasteiger partial charge in [-0.2, -0.15) is 5.10 Å². The van der Waals surface area contributed by atoms with Gasteiger partial charge < -0.3 is 28.8 Å². The number of amides is 1. The molecule has 2 aliphatic rings. The average molecular weight is 629 g/mol. The number of amidine groups is 1. The molecule has 0 bridgehead atoms. The van der Waals surface area contributed by atoms with E-state index in [1.807, 2.05) is 0 Å². The Morgan fingerprint density at radius 2 is 1.53 bits per heavy atom. The maximum Gasteiger partial charge on any atom is 0.303 e. The summed E-state index contributed by atoms with van der Waals surface area (Å²) in [5.41, 5.74) is 0.969. The van der Waals surface area contributed by atoms with Crippen molar-refractivity contribution in [3.63, 3.8) is 0 Å². The van der Waals surface area contributed by atoms with Crippen molar-refractivity contribution < 1.29 is 38.1 Å². The van der Waals surface area contributed by atoms with Gasteiger partial charge in [-0.25, -0.2) is 15.0 Å². The number of hydrogen-bond donors (Lipinski definition) is 1. The Morgan fingerprint density at radius 1 is 0.889 bits per heavy atom. The summed E-state index contributed by atoms with van der Waals surface area (Å²) in [7, 11) is 1.72. The van der Waals surface area contributed by atoms with E-state index >= 15 is 0 Å². The van der Waals surface area contributed by atoms with Crippen molar-refractivity contribution in [2.75, 3.05) is 18.7 Å². The predicted octanol–water partition coefficient (Wildman–Crippen LogP) is 3.90.